The average Bonchev–Trinajstić information content (AvgIpc) is 2.59. The van der Waals surface area contributed by atoms with Gasteiger partial charge in [-0.3, -0.25) is 4.79 Å². The highest BCUT2D eigenvalue weighted by Gasteiger charge is 2.21. The van der Waals surface area contributed by atoms with Gasteiger partial charge in [0.2, 0.25) is 0 Å². The molecule has 1 aliphatic rings. The normalized spacial score (nSPS) is 12.1. The number of rotatable bonds is 2. The van der Waals surface area contributed by atoms with E-state index in [0.29, 0.717) is 17.1 Å². The van der Waals surface area contributed by atoms with Crippen LogP contribution in [0.3, 0.4) is 0 Å². The molecule has 3 nitrogen and oxygen atoms in total. The van der Waals surface area contributed by atoms with E-state index in [0.717, 1.165) is 33.4 Å². The minimum atomic E-state index is 0.131. The summed E-state index contributed by atoms with van der Waals surface area (Å²) in [7, 11) is 0. The molecule has 24 heavy (non-hydrogen) atoms. The van der Waals surface area contributed by atoms with E-state index in [2.05, 4.69) is 6.58 Å². The van der Waals surface area contributed by atoms with Gasteiger partial charge in [-0.2, -0.15) is 0 Å². The number of phenols is 1. The Morgan fingerprint density at radius 3 is 2.58 bits per heavy atom. The molecule has 3 aromatic rings. The molecular weight excluding hydrogens is 300 g/mol. The summed E-state index contributed by atoms with van der Waals surface area (Å²) in [5.41, 5.74) is 3.19. The van der Waals surface area contributed by atoms with Crippen LogP contribution in [0.2, 0.25) is 0 Å². The minimum absolute atomic E-state index is 0.131. The van der Waals surface area contributed by atoms with Crippen LogP contribution in [0, 0.1) is 0 Å². The number of phenolic OH excluding ortho intramolecular Hbond substituents is 1. The molecule has 1 heterocycles. The molecule has 3 heteroatoms. The fourth-order valence-corrected chi connectivity index (χ4v) is 3.04. The van der Waals surface area contributed by atoms with Crippen LogP contribution in [0.4, 0.5) is 0 Å². The highest BCUT2D eigenvalue weighted by molar-refractivity contribution is 5.93. The van der Waals surface area contributed by atoms with Gasteiger partial charge < -0.3 is 9.84 Å². The number of hydrogen-bond donors (Lipinski definition) is 1. The third-order valence-electron chi connectivity index (χ3n) is 4.13. The molecule has 0 fully saturated rings. The first-order chi connectivity index (χ1) is 11.7. The van der Waals surface area contributed by atoms with Gasteiger partial charge in [0.15, 0.2) is 6.29 Å². The molecule has 116 valence electrons. The summed E-state index contributed by atoms with van der Waals surface area (Å²) in [6.45, 7) is 3.94. The molecule has 3 aromatic carbocycles. The van der Waals surface area contributed by atoms with Crippen molar-refractivity contribution in [3.63, 3.8) is 0 Å². The Labute approximate surface area is 138 Å². The lowest BCUT2D eigenvalue weighted by Gasteiger charge is -2.22. The summed E-state index contributed by atoms with van der Waals surface area (Å²) < 4.78 is 5.96. The van der Waals surface area contributed by atoms with Gasteiger partial charge >= 0.3 is 0 Å². The molecule has 4 rings (SSSR count). The first kappa shape index (κ1) is 14.3. The zero-order valence-electron chi connectivity index (χ0n) is 12.8. The van der Waals surface area contributed by atoms with E-state index in [4.69, 9.17) is 4.74 Å². The van der Waals surface area contributed by atoms with Crippen molar-refractivity contribution in [2.75, 3.05) is 0 Å². The maximum atomic E-state index is 11.5. The Hall–Kier alpha value is -3.33. The lowest BCUT2D eigenvalue weighted by Crippen LogP contribution is -2.20. The molecule has 0 amide bonds. The summed E-state index contributed by atoms with van der Waals surface area (Å²) in [6, 6.07) is 18.2. The van der Waals surface area contributed by atoms with Crippen molar-refractivity contribution in [2.45, 2.75) is 0 Å². The quantitative estimate of drug-likeness (QED) is 0.579. The van der Waals surface area contributed by atoms with Gasteiger partial charge in [-0.15, -0.1) is 0 Å². The van der Waals surface area contributed by atoms with Gasteiger partial charge in [0.25, 0.3) is 0 Å². The summed E-state index contributed by atoms with van der Waals surface area (Å²) >= 11 is 0. The van der Waals surface area contributed by atoms with E-state index in [-0.39, 0.29) is 5.75 Å². The molecule has 0 aliphatic carbocycles. The van der Waals surface area contributed by atoms with Crippen LogP contribution in [0.25, 0.3) is 12.2 Å². The first-order valence-corrected chi connectivity index (χ1v) is 7.56. The highest BCUT2D eigenvalue weighted by atomic mass is 16.5. The zero-order valence-corrected chi connectivity index (χ0v) is 12.8. The molecule has 0 saturated carbocycles. The van der Waals surface area contributed by atoms with Crippen molar-refractivity contribution in [2.24, 2.45) is 0 Å². The fraction of sp³-hybridized carbons (Fsp3) is 0. The highest BCUT2D eigenvalue weighted by Crippen LogP contribution is 2.38. The Morgan fingerprint density at radius 2 is 1.75 bits per heavy atom. The van der Waals surface area contributed by atoms with E-state index in [1.807, 2.05) is 42.5 Å². The molecule has 0 bridgehead atoms. The van der Waals surface area contributed by atoms with Crippen molar-refractivity contribution < 1.29 is 14.6 Å². The molecule has 0 atom stereocenters. The number of aromatic hydroxyl groups is 1. The smallest absolute Gasteiger partial charge is 0.150 e. The molecule has 1 aliphatic heterocycles. The number of carbonyl (C=O) groups excluding carboxylic acids is 1. The predicted molar refractivity (Wildman–Crippen MR) is 92.8 cm³/mol. The second-order valence-electron chi connectivity index (χ2n) is 5.69. The molecule has 0 aromatic heterocycles. The standard InChI is InChI=1S/C21H14O3/c1-13-6-8-17-19(10-13)24-20-11-15(23)7-9-18(20)21(17)16-5-3-2-4-14(16)12-22/h2-12,23H,1H2. The number of ether oxygens (including phenoxy) is 1. The molecule has 1 N–H and O–H groups in total. The zero-order chi connectivity index (χ0) is 16.7. The third-order valence-corrected chi connectivity index (χ3v) is 4.13. The summed E-state index contributed by atoms with van der Waals surface area (Å²) in [5.74, 6) is 1.35. The summed E-state index contributed by atoms with van der Waals surface area (Å²) in [6.07, 6.45) is 0.854. The van der Waals surface area contributed by atoms with Crippen LogP contribution in [-0.2, 0) is 0 Å². The molecule has 0 saturated heterocycles. The average molecular weight is 314 g/mol. The van der Waals surface area contributed by atoms with Crippen LogP contribution in [0.1, 0.15) is 21.5 Å². The lowest BCUT2D eigenvalue weighted by atomic mass is 9.90. The third kappa shape index (κ3) is 2.18. The van der Waals surface area contributed by atoms with Gasteiger partial charge in [-0.05, 0) is 29.0 Å². The molecular formula is C21H14O3. The minimum Gasteiger partial charge on any atom is -0.508 e. The van der Waals surface area contributed by atoms with Crippen molar-refractivity contribution in [1.82, 2.24) is 0 Å². The Morgan fingerprint density at radius 1 is 0.917 bits per heavy atom. The van der Waals surface area contributed by atoms with Crippen LogP contribution in [-0.4, -0.2) is 11.4 Å². The predicted octanol–water partition coefficient (Wildman–Crippen LogP) is 2.97. The van der Waals surface area contributed by atoms with E-state index >= 15 is 0 Å². The van der Waals surface area contributed by atoms with Gasteiger partial charge in [-0.1, -0.05) is 43.0 Å². The second-order valence-corrected chi connectivity index (χ2v) is 5.69. The maximum Gasteiger partial charge on any atom is 0.150 e. The van der Waals surface area contributed by atoms with E-state index in [1.54, 1.807) is 18.2 Å². The number of hydrogen-bond acceptors (Lipinski definition) is 3. The Bertz CT molecular complexity index is 1080. The lowest BCUT2D eigenvalue weighted by molar-refractivity contribution is 0.112. The molecule has 0 radical (unpaired) electrons. The second kappa shape index (κ2) is 5.39. The fourth-order valence-electron chi connectivity index (χ4n) is 3.04. The van der Waals surface area contributed by atoms with Gasteiger partial charge in [0.05, 0.1) is 0 Å². The number of aldehydes is 1. The molecule has 0 unspecified atom stereocenters. The number of benzene rings is 3. The van der Waals surface area contributed by atoms with Crippen molar-refractivity contribution in [3.8, 4) is 17.2 Å². The van der Waals surface area contributed by atoms with Crippen molar-refractivity contribution >= 4 is 18.4 Å². The Kier molecular flexibility index (Phi) is 3.21. The van der Waals surface area contributed by atoms with Gasteiger partial charge in [-0.25, -0.2) is 0 Å². The van der Waals surface area contributed by atoms with Crippen molar-refractivity contribution in [3.05, 3.63) is 87.8 Å². The molecule has 0 spiro atoms. The first-order valence-electron chi connectivity index (χ1n) is 7.56. The van der Waals surface area contributed by atoms with E-state index in [1.165, 1.54) is 0 Å². The van der Waals surface area contributed by atoms with Gasteiger partial charge in [0, 0.05) is 28.0 Å². The van der Waals surface area contributed by atoms with Crippen LogP contribution in [0.15, 0.2) is 60.7 Å². The number of carbonyl (C=O) groups is 1. The summed E-state index contributed by atoms with van der Waals surface area (Å²) in [4.78, 5) is 11.5. The maximum absolute atomic E-state index is 11.5. The summed E-state index contributed by atoms with van der Waals surface area (Å²) in [5, 5.41) is 11.5. The topological polar surface area (TPSA) is 46.5 Å². The Balaban J connectivity index is 2.16. The van der Waals surface area contributed by atoms with E-state index in [9.17, 15) is 9.90 Å². The monoisotopic (exact) mass is 314 g/mol. The van der Waals surface area contributed by atoms with Crippen molar-refractivity contribution in [1.29, 1.82) is 0 Å². The van der Waals surface area contributed by atoms with Gasteiger partial charge in [0.1, 0.15) is 17.2 Å². The van der Waals surface area contributed by atoms with Crippen LogP contribution < -0.4 is 15.2 Å². The van der Waals surface area contributed by atoms with Crippen LogP contribution in [0.5, 0.6) is 17.2 Å². The van der Waals surface area contributed by atoms with E-state index < -0.39 is 0 Å². The van der Waals surface area contributed by atoms with Crippen LogP contribution >= 0.6 is 0 Å². The number of fused-ring (bicyclic) bond motifs is 2. The SMILES string of the molecule is C=c1ccc2c(c1)Oc1cc(O)ccc1C=2c1ccccc1C=O. The largest absolute Gasteiger partial charge is 0.508 e.